The maximum absolute atomic E-state index is 5.87. The summed E-state index contributed by atoms with van der Waals surface area (Å²) in [5.74, 6) is 0.730. The number of nitrogens with zero attached hydrogens (tertiary/aromatic N) is 5. The Morgan fingerprint density at radius 3 is 2.14 bits per heavy atom. The molecule has 0 aliphatic heterocycles. The fraction of sp³-hybridized carbons (Fsp3) is 0.433. The first-order chi connectivity index (χ1) is 17.9. The number of hydrogen-bond acceptors (Lipinski definition) is 7. The number of benzene rings is 1. The molecule has 0 fully saturated rings. The lowest BCUT2D eigenvalue weighted by Crippen LogP contribution is -2.25. The lowest BCUT2D eigenvalue weighted by Gasteiger charge is -2.23. The van der Waals surface area contributed by atoms with Gasteiger partial charge in [0.05, 0.1) is 11.4 Å². The molecule has 0 amide bonds. The maximum Gasteiger partial charge on any atom is 0.160 e. The number of aromatic nitrogens is 3. The lowest BCUT2D eigenvalue weighted by molar-refractivity contribution is -0.000311. The van der Waals surface area contributed by atoms with Gasteiger partial charge < -0.3 is 9.68 Å². The van der Waals surface area contributed by atoms with E-state index < -0.39 is 0 Å². The summed E-state index contributed by atoms with van der Waals surface area (Å²) >= 11 is 0. The zero-order chi connectivity index (χ0) is 25.8. The van der Waals surface area contributed by atoms with Crippen molar-refractivity contribution in [2.75, 3.05) is 13.2 Å². The SMILES string of the molecule is Cc1ccc2c(n1)C(=NOCC(C)(C)CON=C1CCCc3cnc(-c4ccccc4C)nc31)CCC2. The summed E-state index contributed by atoms with van der Waals surface area (Å²) in [4.78, 5) is 25.9. The summed E-state index contributed by atoms with van der Waals surface area (Å²) in [6, 6.07) is 12.4. The highest BCUT2D eigenvalue weighted by Crippen LogP contribution is 2.26. The van der Waals surface area contributed by atoms with Crippen molar-refractivity contribution in [3.05, 3.63) is 76.4 Å². The molecule has 2 aliphatic rings. The molecular weight excluding hydrogens is 462 g/mol. The number of pyridine rings is 1. The smallest absolute Gasteiger partial charge is 0.160 e. The number of oxime groups is 2. The van der Waals surface area contributed by atoms with Crippen molar-refractivity contribution in [2.45, 2.75) is 66.2 Å². The minimum atomic E-state index is -0.263. The highest BCUT2D eigenvalue weighted by Gasteiger charge is 2.24. The summed E-state index contributed by atoms with van der Waals surface area (Å²) in [5.41, 5.74) is 9.01. The predicted molar refractivity (Wildman–Crippen MR) is 146 cm³/mol. The molecule has 2 aliphatic carbocycles. The van der Waals surface area contributed by atoms with Crippen molar-refractivity contribution in [1.82, 2.24) is 15.0 Å². The topological polar surface area (TPSA) is 81.9 Å². The molecule has 0 spiro atoms. The molecule has 3 aromatic rings. The van der Waals surface area contributed by atoms with Crippen LogP contribution in [0, 0.1) is 19.3 Å². The zero-order valence-corrected chi connectivity index (χ0v) is 22.3. The van der Waals surface area contributed by atoms with Crippen molar-refractivity contribution in [1.29, 1.82) is 0 Å². The molecule has 192 valence electrons. The molecular formula is C30H35N5O2. The van der Waals surface area contributed by atoms with E-state index in [-0.39, 0.29) is 5.41 Å². The van der Waals surface area contributed by atoms with Gasteiger partial charge >= 0.3 is 0 Å². The average Bonchev–Trinajstić information content (AvgIpc) is 2.89. The summed E-state index contributed by atoms with van der Waals surface area (Å²) in [6.45, 7) is 9.13. The van der Waals surface area contributed by atoms with Gasteiger partial charge in [-0.2, -0.15) is 0 Å². The van der Waals surface area contributed by atoms with E-state index in [0.29, 0.717) is 13.2 Å². The molecule has 7 heteroatoms. The summed E-state index contributed by atoms with van der Waals surface area (Å²) in [7, 11) is 0. The molecule has 0 atom stereocenters. The van der Waals surface area contributed by atoms with Crippen molar-refractivity contribution in [2.24, 2.45) is 15.7 Å². The van der Waals surface area contributed by atoms with E-state index >= 15 is 0 Å². The van der Waals surface area contributed by atoms with Gasteiger partial charge in [0.1, 0.15) is 24.6 Å². The van der Waals surface area contributed by atoms with E-state index in [0.717, 1.165) is 89.5 Å². The molecule has 7 nitrogen and oxygen atoms in total. The van der Waals surface area contributed by atoms with Crippen LogP contribution in [0.25, 0.3) is 11.4 Å². The zero-order valence-electron chi connectivity index (χ0n) is 22.3. The molecule has 2 heterocycles. The first-order valence-electron chi connectivity index (χ1n) is 13.2. The fourth-order valence-corrected chi connectivity index (χ4v) is 4.75. The van der Waals surface area contributed by atoms with Crippen LogP contribution in [-0.2, 0) is 22.5 Å². The van der Waals surface area contributed by atoms with Crippen molar-refractivity contribution >= 4 is 11.4 Å². The molecule has 5 rings (SSSR count). The fourth-order valence-electron chi connectivity index (χ4n) is 4.75. The van der Waals surface area contributed by atoms with Crippen LogP contribution in [-0.4, -0.2) is 39.6 Å². The minimum Gasteiger partial charge on any atom is -0.395 e. The second-order valence-electron chi connectivity index (χ2n) is 10.8. The van der Waals surface area contributed by atoms with Gasteiger partial charge in [-0.15, -0.1) is 0 Å². The van der Waals surface area contributed by atoms with Gasteiger partial charge in [0.15, 0.2) is 5.82 Å². The van der Waals surface area contributed by atoms with Crippen LogP contribution in [0.2, 0.25) is 0 Å². The molecule has 0 bridgehead atoms. The van der Waals surface area contributed by atoms with Gasteiger partial charge in [-0.05, 0) is 75.1 Å². The van der Waals surface area contributed by atoms with Crippen LogP contribution < -0.4 is 0 Å². The van der Waals surface area contributed by atoms with E-state index in [1.165, 1.54) is 5.56 Å². The largest absolute Gasteiger partial charge is 0.395 e. The Bertz CT molecular complexity index is 1350. The van der Waals surface area contributed by atoms with E-state index in [2.05, 4.69) is 60.3 Å². The normalized spacial score (nSPS) is 17.4. The molecule has 0 saturated heterocycles. The highest BCUT2D eigenvalue weighted by molar-refractivity contribution is 6.01. The van der Waals surface area contributed by atoms with Crippen LogP contribution in [0.1, 0.15) is 73.3 Å². The Labute approximate surface area is 219 Å². The standard InChI is InChI=1S/C30H35N5O2/c1-20-9-5-6-12-24(20)29-31-17-23-11-8-14-26(28(23)33-29)35-37-19-30(3,4)18-36-34-25-13-7-10-22-16-15-21(2)32-27(22)25/h5-6,9,12,15-17H,7-8,10-11,13-14,18-19H2,1-4H3. The summed E-state index contributed by atoms with van der Waals surface area (Å²) in [5, 5.41) is 9.00. The van der Waals surface area contributed by atoms with Gasteiger partial charge in [-0.3, -0.25) is 4.98 Å². The Morgan fingerprint density at radius 1 is 0.784 bits per heavy atom. The molecule has 0 saturated carbocycles. The third-order valence-corrected chi connectivity index (χ3v) is 6.89. The van der Waals surface area contributed by atoms with Crippen LogP contribution in [0.3, 0.4) is 0 Å². The van der Waals surface area contributed by atoms with E-state index in [4.69, 9.17) is 19.6 Å². The van der Waals surface area contributed by atoms with Gasteiger partial charge in [0, 0.05) is 22.9 Å². The second-order valence-corrected chi connectivity index (χ2v) is 10.8. The van der Waals surface area contributed by atoms with E-state index in [9.17, 15) is 0 Å². The average molecular weight is 498 g/mol. The van der Waals surface area contributed by atoms with Crippen LogP contribution >= 0.6 is 0 Å². The Kier molecular flexibility index (Phi) is 7.31. The van der Waals surface area contributed by atoms with Crippen molar-refractivity contribution in [3.63, 3.8) is 0 Å². The number of fused-ring (bicyclic) bond motifs is 2. The Hall–Kier alpha value is -3.61. The third kappa shape index (κ3) is 5.87. The molecule has 2 aromatic heterocycles. The first-order valence-corrected chi connectivity index (χ1v) is 13.2. The van der Waals surface area contributed by atoms with Gasteiger partial charge in [-0.1, -0.05) is 54.5 Å². The summed E-state index contributed by atoms with van der Waals surface area (Å²) in [6.07, 6.45) is 7.76. The quantitative estimate of drug-likeness (QED) is 0.374. The van der Waals surface area contributed by atoms with Crippen LogP contribution in [0.4, 0.5) is 0 Å². The van der Waals surface area contributed by atoms with Gasteiger partial charge in [0.2, 0.25) is 0 Å². The van der Waals surface area contributed by atoms with Crippen LogP contribution in [0.5, 0.6) is 0 Å². The Morgan fingerprint density at radius 2 is 1.43 bits per heavy atom. The predicted octanol–water partition coefficient (Wildman–Crippen LogP) is 6.00. The monoisotopic (exact) mass is 497 g/mol. The summed E-state index contributed by atoms with van der Waals surface area (Å²) < 4.78 is 0. The van der Waals surface area contributed by atoms with E-state index in [1.54, 1.807) is 0 Å². The number of aryl methyl sites for hydroxylation is 4. The lowest BCUT2D eigenvalue weighted by atomic mass is 9.94. The van der Waals surface area contributed by atoms with Gasteiger partial charge in [0.25, 0.3) is 0 Å². The first kappa shape index (κ1) is 25.1. The number of rotatable bonds is 7. The Balaban J connectivity index is 1.23. The molecule has 37 heavy (non-hydrogen) atoms. The molecule has 1 aromatic carbocycles. The van der Waals surface area contributed by atoms with Crippen LogP contribution in [0.15, 0.2) is 52.9 Å². The maximum atomic E-state index is 5.87. The third-order valence-electron chi connectivity index (χ3n) is 6.89. The van der Waals surface area contributed by atoms with Crippen molar-refractivity contribution < 1.29 is 9.68 Å². The molecule has 0 unspecified atom stereocenters. The van der Waals surface area contributed by atoms with Gasteiger partial charge in [-0.25, -0.2) is 9.97 Å². The minimum absolute atomic E-state index is 0.263. The molecule has 0 N–H and O–H groups in total. The highest BCUT2D eigenvalue weighted by atomic mass is 16.6. The number of hydrogen-bond donors (Lipinski definition) is 0. The molecule has 0 radical (unpaired) electrons. The second kappa shape index (κ2) is 10.8. The van der Waals surface area contributed by atoms with Crippen molar-refractivity contribution in [3.8, 4) is 11.4 Å². The van der Waals surface area contributed by atoms with E-state index in [1.807, 2.05) is 25.3 Å².